The maximum Gasteiger partial charge on any atom is 0.253 e. The van der Waals surface area contributed by atoms with Crippen LogP contribution in [0.25, 0.3) is 0 Å². The molecule has 3 atom stereocenters. The van der Waals surface area contributed by atoms with Crippen LogP contribution in [-0.4, -0.2) is 35.1 Å². The minimum absolute atomic E-state index is 0.0812. The van der Waals surface area contributed by atoms with Gasteiger partial charge in [0, 0.05) is 24.6 Å². The molecule has 1 aliphatic carbocycles. The highest BCUT2D eigenvalue weighted by Crippen LogP contribution is 2.38. The van der Waals surface area contributed by atoms with Crippen molar-refractivity contribution in [2.45, 2.75) is 18.9 Å². The predicted molar refractivity (Wildman–Crippen MR) is 72.2 cm³/mol. The summed E-state index contributed by atoms with van der Waals surface area (Å²) in [6, 6.07) is 4.32. The van der Waals surface area contributed by atoms with E-state index in [1.165, 1.54) is 18.2 Å². The molecule has 1 amide bonds. The van der Waals surface area contributed by atoms with Crippen LogP contribution in [0.4, 0.5) is 4.39 Å². The van der Waals surface area contributed by atoms with Crippen molar-refractivity contribution in [1.29, 1.82) is 0 Å². The molecular formula is C14H15BrFNO2. The molecule has 1 heterocycles. The molecule has 2 fully saturated rings. The molecule has 0 spiro atoms. The second kappa shape index (κ2) is 4.87. The number of aliphatic hydroxyl groups is 1. The summed E-state index contributed by atoms with van der Waals surface area (Å²) in [6.07, 6.45) is 1.56. The molecule has 0 aromatic heterocycles. The Hall–Kier alpha value is -0.940. The van der Waals surface area contributed by atoms with E-state index < -0.39 is 0 Å². The maximum atomic E-state index is 13.2. The average molecular weight is 328 g/mol. The highest BCUT2D eigenvalue weighted by Gasteiger charge is 2.43. The van der Waals surface area contributed by atoms with Crippen molar-refractivity contribution < 1.29 is 14.3 Å². The molecule has 0 radical (unpaired) electrons. The predicted octanol–water partition coefficient (Wildman–Crippen LogP) is 2.43. The van der Waals surface area contributed by atoms with Crippen LogP contribution in [-0.2, 0) is 0 Å². The van der Waals surface area contributed by atoms with Crippen molar-refractivity contribution in [2.24, 2.45) is 11.8 Å². The zero-order valence-electron chi connectivity index (χ0n) is 10.4. The highest BCUT2D eigenvalue weighted by atomic mass is 79.9. The van der Waals surface area contributed by atoms with Gasteiger partial charge >= 0.3 is 0 Å². The van der Waals surface area contributed by atoms with Crippen LogP contribution in [0.3, 0.4) is 0 Å². The van der Waals surface area contributed by atoms with Crippen LogP contribution in [0.2, 0.25) is 0 Å². The molecule has 19 heavy (non-hydrogen) atoms. The van der Waals surface area contributed by atoms with Gasteiger partial charge in [-0.2, -0.15) is 0 Å². The van der Waals surface area contributed by atoms with Gasteiger partial charge in [0.15, 0.2) is 0 Å². The number of carbonyl (C=O) groups excluding carboxylic acids is 1. The minimum Gasteiger partial charge on any atom is -0.393 e. The van der Waals surface area contributed by atoms with E-state index in [1.807, 2.05) is 0 Å². The Morgan fingerprint density at radius 1 is 1.37 bits per heavy atom. The van der Waals surface area contributed by atoms with Gasteiger partial charge in [0.1, 0.15) is 5.82 Å². The molecule has 1 aliphatic heterocycles. The fourth-order valence-corrected chi connectivity index (χ4v) is 3.59. The molecular weight excluding hydrogens is 313 g/mol. The zero-order chi connectivity index (χ0) is 13.6. The number of fused-ring (bicyclic) bond motifs is 1. The topological polar surface area (TPSA) is 40.5 Å². The van der Waals surface area contributed by atoms with E-state index in [4.69, 9.17) is 0 Å². The summed E-state index contributed by atoms with van der Waals surface area (Å²) >= 11 is 3.10. The molecule has 3 unspecified atom stereocenters. The van der Waals surface area contributed by atoms with Crippen LogP contribution in [0, 0.1) is 17.7 Å². The largest absolute Gasteiger partial charge is 0.393 e. The Morgan fingerprint density at radius 3 is 2.84 bits per heavy atom. The standard InChI is InChI=1S/C14H15BrFNO2/c15-11-5-8(1-3-12(11)16)14(19)17-6-9-2-4-13(18)10(9)7-17/h1,3,5,9-10,13,18H,2,4,6-7H2. The summed E-state index contributed by atoms with van der Waals surface area (Å²) in [4.78, 5) is 14.1. The summed E-state index contributed by atoms with van der Waals surface area (Å²) in [5.74, 6) is 0.184. The fourth-order valence-electron chi connectivity index (χ4n) is 3.21. The smallest absolute Gasteiger partial charge is 0.253 e. The normalized spacial score (nSPS) is 29.6. The van der Waals surface area contributed by atoms with Gasteiger partial charge in [-0.3, -0.25) is 4.79 Å². The number of rotatable bonds is 1. The van der Waals surface area contributed by atoms with Crippen LogP contribution in [0.15, 0.2) is 22.7 Å². The number of aliphatic hydroxyl groups excluding tert-OH is 1. The van der Waals surface area contributed by atoms with Gasteiger partial charge in [-0.15, -0.1) is 0 Å². The molecule has 1 aromatic carbocycles. The Kier molecular flexibility index (Phi) is 3.35. The van der Waals surface area contributed by atoms with Crippen LogP contribution >= 0.6 is 15.9 Å². The van der Waals surface area contributed by atoms with Gasteiger partial charge in [-0.1, -0.05) is 0 Å². The summed E-state index contributed by atoms with van der Waals surface area (Å²) in [5.41, 5.74) is 0.489. The number of benzene rings is 1. The van der Waals surface area contributed by atoms with E-state index in [0.29, 0.717) is 29.0 Å². The number of carbonyl (C=O) groups is 1. The first kappa shape index (κ1) is 13.1. The lowest BCUT2D eigenvalue weighted by Crippen LogP contribution is -2.31. The summed E-state index contributed by atoms with van der Waals surface area (Å²) in [6.45, 7) is 1.31. The van der Waals surface area contributed by atoms with E-state index in [2.05, 4.69) is 15.9 Å². The van der Waals surface area contributed by atoms with E-state index in [1.54, 1.807) is 4.90 Å². The van der Waals surface area contributed by atoms with Gasteiger partial charge in [0.25, 0.3) is 5.91 Å². The maximum absolute atomic E-state index is 13.2. The van der Waals surface area contributed by atoms with E-state index in [-0.39, 0.29) is 23.7 Å². The Bertz CT molecular complexity index is 522. The Morgan fingerprint density at radius 2 is 2.16 bits per heavy atom. The molecule has 1 aromatic rings. The van der Waals surface area contributed by atoms with Crippen molar-refractivity contribution >= 4 is 21.8 Å². The van der Waals surface area contributed by atoms with Crippen molar-refractivity contribution in [3.8, 4) is 0 Å². The molecule has 1 saturated heterocycles. The van der Waals surface area contributed by atoms with E-state index in [0.717, 1.165) is 12.8 Å². The number of halogens is 2. The summed E-state index contributed by atoms with van der Waals surface area (Å²) < 4.78 is 13.5. The molecule has 1 saturated carbocycles. The first-order valence-electron chi connectivity index (χ1n) is 6.48. The molecule has 0 bridgehead atoms. The number of likely N-dealkylation sites (tertiary alicyclic amines) is 1. The number of hydrogen-bond acceptors (Lipinski definition) is 2. The van der Waals surface area contributed by atoms with Crippen LogP contribution < -0.4 is 0 Å². The monoisotopic (exact) mass is 327 g/mol. The Balaban J connectivity index is 1.76. The zero-order valence-corrected chi connectivity index (χ0v) is 11.9. The third-order valence-corrected chi connectivity index (χ3v) is 4.88. The lowest BCUT2D eigenvalue weighted by molar-refractivity contribution is 0.0752. The molecule has 1 N–H and O–H groups in total. The third kappa shape index (κ3) is 2.30. The number of amides is 1. The fraction of sp³-hybridized carbons (Fsp3) is 0.500. The molecule has 2 aliphatic rings. The van der Waals surface area contributed by atoms with Crippen molar-refractivity contribution in [3.05, 3.63) is 34.1 Å². The summed E-state index contributed by atoms with van der Waals surface area (Å²) in [7, 11) is 0. The second-order valence-corrected chi connectivity index (χ2v) is 6.26. The lowest BCUT2D eigenvalue weighted by Gasteiger charge is -2.18. The van der Waals surface area contributed by atoms with E-state index >= 15 is 0 Å². The van der Waals surface area contributed by atoms with Gasteiger partial charge in [0.05, 0.1) is 10.6 Å². The molecule has 102 valence electrons. The first-order chi connectivity index (χ1) is 9.06. The average Bonchev–Trinajstić information content (AvgIpc) is 2.95. The molecule has 3 nitrogen and oxygen atoms in total. The SMILES string of the molecule is O=C(c1ccc(F)c(Br)c1)N1CC2CCC(O)C2C1. The third-order valence-electron chi connectivity index (χ3n) is 4.27. The molecule has 3 rings (SSSR count). The van der Waals surface area contributed by atoms with Crippen LogP contribution in [0.5, 0.6) is 0 Å². The van der Waals surface area contributed by atoms with Crippen molar-refractivity contribution in [1.82, 2.24) is 4.90 Å². The minimum atomic E-state index is -0.370. The quantitative estimate of drug-likeness (QED) is 0.860. The molecule has 5 heteroatoms. The van der Waals surface area contributed by atoms with Crippen molar-refractivity contribution in [2.75, 3.05) is 13.1 Å². The van der Waals surface area contributed by atoms with E-state index in [9.17, 15) is 14.3 Å². The lowest BCUT2D eigenvalue weighted by atomic mass is 10.00. The van der Waals surface area contributed by atoms with Crippen molar-refractivity contribution in [3.63, 3.8) is 0 Å². The van der Waals surface area contributed by atoms with Gasteiger partial charge in [-0.05, 0) is 52.9 Å². The van der Waals surface area contributed by atoms with Crippen LogP contribution in [0.1, 0.15) is 23.2 Å². The van der Waals surface area contributed by atoms with Gasteiger partial charge < -0.3 is 10.0 Å². The number of nitrogens with zero attached hydrogens (tertiary/aromatic N) is 1. The first-order valence-corrected chi connectivity index (χ1v) is 7.28. The second-order valence-electron chi connectivity index (χ2n) is 5.41. The summed E-state index contributed by atoms with van der Waals surface area (Å²) in [5, 5.41) is 9.85. The van der Waals surface area contributed by atoms with Gasteiger partial charge in [0.2, 0.25) is 0 Å². The number of hydrogen-bond donors (Lipinski definition) is 1. The Labute approximate surface area is 119 Å². The highest BCUT2D eigenvalue weighted by molar-refractivity contribution is 9.10. The van der Waals surface area contributed by atoms with Gasteiger partial charge in [-0.25, -0.2) is 4.39 Å².